The fraction of sp³-hybridized carbons (Fsp3) is 0.400. The molecule has 0 radical (unpaired) electrons. The van der Waals surface area contributed by atoms with Gasteiger partial charge < -0.3 is 20.9 Å². The van der Waals surface area contributed by atoms with E-state index in [9.17, 15) is 18.0 Å². The Balaban J connectivity index is 1.46. The quantitative estimate of drug-likeness (QED) is 0.541. The van der Waals surface area contributed by atoms with E-state index < -0.39 is 17.9 Å². The van der Waals surface area contributed by atoms with Gasteiger partial charge in [-0.2, -0.15) is 18.3 Å². The van der Waals surface area contributed by atoms with E-state index in [0.29, 0.717) is 24.3 Å². The molecule has 2 saturated heterocycles. The summed E-state index contributed by atoms with van der Waals surface area (Å²) in [5, 5.41) is 13.3. The number of rotatable bonds is 4. The average Bonchev–Trinajstić information content (AvgIpc) is 3.20. The molecule has 1 amide bonds. The van der Waals surface area contributed by atoms with Gasteiger partial charge in [-0.25, -0.2) is 0 Å². The van der Waals surface area contributed by atoms with Gasteiger partial charge in [0.1, 0.15) is 6.17 Å². The number of halogens is 3. The summed E-state index contributed by atoms with van der Waals surface area (Å²) < 4.78 is 40.2. The maximum absolute atomic E-state index is 13.4. The lowest BCUT2D eigenvalue weighted by Crippen LogP contribution is -2.51. The number of aryl methyl sites for hydroxylation is 1. The molecule has 0 saturated carbocycles. The van der Waals surface area contributed by atoms with Crippen LogP contribution in [0.25, 0.3) is 10.8 Å². The van der Waals surface area contributed by atoms with Crippen molar-refractivity contribution in [1.82, 2.24) is 15.1 Å². The molecule has 0 spiro atoms. The summed E-state index contributed by atoms with van der Waals surface area (Å²) in [5.41, 5.74) is 7.78. The third-order valence-corrected chi connectivity index (χ3v) is 7.12. The van der Waals surface area contributed by atoms with Crippen LogP contribution in [-0.2, 0) is 11.0 Å². The van der Waals surface area contributed by atoms with E-state index in [-0.39, 0.29) is 17.5 Å². The van der Waals surface area contributed by atoms with Crippen molar-refractivity contribution in [2.45, 2.75) is 45.1 Å². The van der Waals surface area contributed by atoms with Gasteiger partial charge in [-0.05, 0) is 49.6 Å². The normalized spacial score (nSPS) is 19.3. The molecule has 1 aromatic heterocycles. The van der Waals surface area contributed by atoms with Gasteiger partial charge in [0.2, 0.25) is 5.91 Å². The molecule has 3 N–H and O–H groups in total. The van der Waals surface area contributed by atoms with Crippen LogP contribution in [0.2, 0.25) is 0 Å². The SMILES string of the molecule is Cc1c([C@@H](N)Nc2nnc(C)c3ccc(N4CCN5C(=O)CC[C@H]5C4)cc23)cccc1C(F)(F)F. The number of nitrogens with one attached hydrogen (secondary N) is 1. The molecule has 2 atom stereocenters. The summed E-state index contributed by atoms with van der Waals surface area (Å²) in [6, 6.07) is 10.2. The van der Waals surface area contributed by atoms with E-state index in [1.807, 2.05) is 30.0 Å². The fourth-order valence-corrected chi connectivity index (χ4v) is 5.20. The summed E-state index contributed by atoms with van der Waals surface area (Å²) in [6.45, 7) is 5.47. The van der Waals surface area contributed by atoms with Gasteiger partial charge in [0.25, 0.3) is 0 Å². The summed E-state index contributed by atoms with van der Waals surface area (Å²) in [7, 11) is 0. The summed E-state index contributed by atoms with van der Waals surface area (Å²) >= 11 is 0. The number of benzene rings is 2. The first-order chi connectivity index (χ1) is 16.6. The predicted molar refractivity (Wildman–Crippen MR) is 128 cm³/mol. The smallest absolute Gasteiger partial charge is 0.368 e. The minimum atomic E-state index is -4.46. The predicted octanol–water partition coefficient (Wildman–Crippen LogP) is 4.15. The number of aromatic nitrogens is 2. The highest BCUT2D eigenvalue weighted by Gasteiger charge is 2.36. The molecular formula is C25H27F3N6O. The molecule has 7 nitrogen and oxygen atoms in total. The summed E-state index contributed by atoms with van der Waals surface area (Å²) in [5.74, 6) is 0.635. The standard InChI is InChI=1S/C25H27F3N6O/c1-14-18(4-3-5-21(14)25(26,27)28)23(29)30-24-20-12-16(6-8-19(20)15(2)31-32-24)33-10-11-34-17(13-33)7-9-22(34)35/h3-6,8,12,17,23H,7,9-11,13,29H2,1-2H3,(H,30,32)/t17-,23-/m0/s1. The topological polar surface area (TPSA) is 87.4 Å². The highest BCUT2D eigenvalue weighted by molar-refractivity contribution is 5.95. The molecule has 3 heterocycles. The second-order valence-corrected chi connectivity index (χ2v) is 9.23. The molecule has 0 unspecified atom stereocenters. The number of anilines is 2. The van der Waals surface area contributed by atoms with Crippen LogP contribution in [-0.4, -0.2) is 46.7 Å². The highest BCUT2D eigenvalue weighted by atomic mass is 19.4. The molecule has 35 heavy (non-hydrogen) atoms. The Morgan fingerprint density at radius 3 is 2.69 bits per heavy atom. The van der Waals surface area contributed by atoms with Gasteiger partial charge in [-0.1, -0.05) is 18.2 Å². The van der Waals surface area contributed by atoms with Crippen LogP contribution in [0.15, 0.2) is 36.4 Å². The van der Waals surface area contributed by atoms with Crippen molar-refractivity contribution < 1.29 is 18.0 Å². The van der Waals surface area contributed by atoms with Crippen molar-refractivity contribution in [3.8, 4) is 0 Å². The first-order valence-corrected chi connectivity index (χ1v) is 11.6. The number of amides is 1. The van der Waals surface area contributed by atoms with E-state index in [2.05, 4.69) is 20.4 Å². The van der Waals surface area contributed by atoms with Crippen LogP contribution in [0.4, 0.5) is 24.7 Å². The Morgan fingerprint density at radius 1 is 1.11 bits per heavy atom. The molecule has 2 aliphatic rings. The van der Waals surface area contributed by atoms with E-state index in [4.69, 9.17) is 5.73 Å². The zero-order chi connectivity index (χ0) is 24.9. The average molecular weight is 485 g/mol. The first-order valence-electron chi connectivity index (χ1n) is 11.6. The molecule has 3 aromatic rings. The second-order valence-electron chi connectivity index (χ2n) is 9.23. The lowest BCUT2D eigenvalue weighted by Gasteiger charge is -2.39. The van der Waals surface area contributed by atoms with Crippen molar-refractivity contribution in [1.29, 1.82) is 0 Å². The van der Waals surface area contributed by atoms with Crippen LogP contribution < -0.4 is 16.0 Å². The first kappa shape index (κ1) is 23.3. The number of carbonyl (C=O) groups is 1. The number of carbonyl (C=O) groups excluding carboxylic acids is 1. The Bertz CT molecular complexity index is 1290. The van der Waals surface area contributed by atoms with E-state index >= 15 is 0 Å². The molecule has 10 heteroatoms. The largest absolute Gasteiger partial charge is 0.416 e. The van der Waals surface area contributed by atoms with E-state index in [0.717, 1.165) is 47.7 Å². The lowest BCUT2D eigenvalue weighted by atomic mass is 10.00. The molecule has 5 rings (SSSR count). The van der Waals surface area contributed by atoms with Gasteiger partial charge >= 0.3 is 6.18 Å². The fourth-order valence-electron chi connectivity index (χ4n) is 5.20. The zero-order valence-corrected chi connectivity index (χ0v) is 19.6. The van der Waals surface area contributed by atoms with Gasteiger partial charge in [0.05, 0.1) is 11.3 Å². The number of alkyl halides is 3. The molecular weight excluding hydrogens is 457 g/mol. The Hall–Kier alpha value is -3.40. The van der Waals surface area contributed by atoms with Gasteiger partial charge in [0.15, 0.2) is 5.82 Å². The van der Waals surface area contributed by atoms with Crippen LogP contribution in [0, 0.1) is 13.8 Å². The van der Waals surface area contributed by atoms with Gasteiger partial charge in [-0.15, -0.1) is 5.10 Å². The van der Waals surface area contributed by atoms with Crippen LogP contribution in [0.5, 0.6) is 0 Å². The van der Waals surface area contributed by atoms with Crippen LogP contribution in [0.1, 0.15) is 41.4 Å². The molecule has 2 aliphatic heterocycles. The molecule has 0 bridgehead atoms. The Labute approximate surface area is 201 Å². The number of fused-ring (bicyclic) bond motifs is 2. The summed E-state index contributed by atoms with van der Waals surface area (Å²) in [6.07, 6.45) is -3.90. The van der Waals surface area contributed by atoms with E-state index in [1.54, 1.807) is 6.07 Å². The van der Waals surface area contributed by atoms with Crippen molar-refractivity contribution in [2.24, 2.45) is 5.73 Å². The van der Waals surface area contributed by atoms with Crippen LogP contribution >= 0.6 is 0 Å². The monoisotopic (exact) mass is 484 g/mol. The number of hydrogen-bond acceptors (Lipinski definition) is 6. The minimum Gasteiger partial charge on any atom is -0.368 e. The lowest BCUT2D eigenvalue weighted by molar-refractivity contribution is -0.138. The van der Waals surface area contributed by atoms with Crippen molar-refractivity contribution in [3.63, 3.8) is 0 Å². The maximum atomic E-state index is 13.4. The number of hydrogen-bond donors (Lipinski definition) is 2. The zero-order valence-electron chi connectivity index (χ0n) is 19.6. The summed E-state index contributed by atoms with van der Waals surface area (Å²) in [4.78, 5) is 16.3. The molecule has 2 aromatic carbocycles. The Kier molecular flexibility index (Phi) is 5.79. The molecule has 0 aliphatic carbocycles. The number of nitrogens with two attached hydrogens (primary N) is 1. The molecule has 2 fully saturated rings. The van der Waals surface area contributed by atoms with Crippen molar-refractivity contribution >= 4 is 28.2 Å². The number of nitrogens with zero attached hydrogens (tertiary/aromatic N) is 4. The second kappa shape index (κ2) is 8.67. The van der Waals surface area contributed by atoms with Gasteiger partial charge in [0, 0.05) is 48.6 Å². The van der Waals surface area contributed by atoms with Crippen molar-refractivity contribution in [3.05, 3.63) is 58.8 Å². The van der Waals surface area contributed by atoms with Crippen LogP contribution in [0.3, 0.4) is 0 Å². The number of piperazine rings is 1. The molecule has 184 valence electrons. The minimum absolute atomic E-state index is 0.0778. The van der Waals surface area contributed by atoms with E-state index in [1.165, 1.54) is 13.0 Å². The highest BCUT2D eigenvalue weighted by Crippen LogP contribution is 2.35. The maximum Gasteiger partial charge on any atom is 0.416 e. The third kappa shape index (κ3) is 4.27. The van der Waals surface area contributed by atoms with Gasteiger partial charge in [-0.3, -0.25) is 4.79 Å². The Morgan fingerprint density at radius 2 is 1.91 bits per heavy atom. The third-order valence-electron chi connectivity index (χ3n) is 7.12. The van der Waals surface area contributed by atoms with Crippen molar-refractivity contribution in [2.75, 3.05) is 29.9 Å².